The van der Waals surface area contributed by atoms with Gasteiger partial charge in [-0.05, 0) is 6.42 Å². The number of ether oxygens (including phenoxy) is 2. The summed E-state index contributed by atoms with van der Waals surface area (Å²) in [6.07, 6.45) is 0.864. The number of methoxy groups -OCH3 is 1. The van der Waals surface area contributed by atoms with Crippen LogP contribution in [0.15, 0.2) is 0 Å². The van der Waals surface area contributed by atoms with Gasteiger partial charge in [-0.1, -0.05) is 6.92 Å². The van der Waals surface area contributed by atoms with Crippen LogP contribution >= 0.6 is 0 Å². The Labute approximate surface area is 72.4 Å². The van der Waals surface area contributed by atoms with Crippen molar-refractivity contribution in [2.45, 2.75) is 19.4 Å². The zero-order valence-electron chi connectivity index (χ0n) is 7.58. The van der Waals surface area contributed by atoms with Gasteiger partial charge in [-0.25, -0.2) is 4.79 Å². The molecule has 1 fully saturated rings. The van der Waals surface area contributed by atoms with Gasteiger partial charge in [0.05, 0.1) is 26.4 Å². The van der Waals surface area contributed by atoms with Crippen LogP contribution in [0.4, 0.5) is 4.79 Å². The Morgan fingerprint density at radius 2 is 2.50 bits per heavy atom. The fraction of sp³-hybridized carbons (Fsp3) is 0.875. The molecule has 4 heteroatoms. The van der Waals surface area contributed by atoms with Crippen molar-refractivity contribution in [3.63, 3.8) is 0 Å². The topological polar surface area (TPSA) is 38.8 Å². The van der Waals surface area contributed by atoms with Crippen molar-refractivity contribution < 1.29 is 14.3 Å². The van der Waals surface area contributed by atoms with Crippen molar-refractivity contribution in [3.05, 3.63) is 0 Å². The maximum Gasteiger partial charge on any atom is 0.409 e. The van der Waals surface area contributed by atoms with Gasteiger partial charge in [0.1, 0.15) is 0 Å². The first kappa shape index (κ1) is 9.32. The molecule has 1 aliphatic rings. The fourth-order valence-electron chi connectivity index (χ4n) is 1.26. The molecule has 1 aliphatic heterocycles. The number of carbonyl (C=O) groups excluding carboxylic acids is 1. The Morgan fingerprint density at radius 3 is 3.08 bits per heavy atom. The molecule has 4 nitrogen and oxygen atoms in total. The molecule has 12 heavy (non-hydrogen) atoms. The van der Waals surface area contributed by atoms with Gasteiger partial charge in [-0.2, -0.15) is 0 Å². The number of nitrogens with zero attached hydrogens (tertiary/aromatic N) is 1. The summed E-state index contributed by atoms with van der Waals surface area (Å²) in [4.78, 5) is 12.8. The molecule has 0 saturated carbocycles. The van der Waals surface area contributed by atoms with Gasteiger partial charge < -0.3 is 14.4 Å². The van der Waals surface area contributed by atoms with Gasteiger partial charge in [-0.3, -0.25) is 0 Å². The summed E-state index contributed by atoms with van der Waals surface area (Å²) in [7, 11) is 1.40. The van der Waals surface area contributed by atoms with E-state index in [1.807, 2.05) is 6.92 Å². The van der Waals surface area contributed by atoms with Crippen LogP contribution in [0.1, 0.15) is 13.3 Å². The third-order valence-corrected chi connectivity index (χ3v) is 2.03. The van der Waals surface area contributed by atoms with Gasteiger partial charge in [0.2, 0.25) is 0 Å². The summed E-state index contributed by atoms with van der Waals surface area (Å²) in [6, 6.07) is 0. The van der Waals surface area contributed by atoms with Crippen LogP contribution in [-0.4, -0.2) is 43.9 Å². The zero-order valence-corrected chi connectivity index (χ0v) is 7.58. The van der Waals surface area contributed by atoms with E-state index in [4.69, 9.17) is 4.74 Å². The summed E-state index contributed by atoms with van der Waals surface area (Å²) < 4.78 is 10.0. The van der Waals surface area contributed by atoms with Crippen molar-refractivity contribution >= 4 is 6.09 Å². The normalized spacial score (nSPS) is 23.8. The van der Waals surface area contributed by atoms with Crippen LogP contribution in [0.2, 0.25) is 0 Å². The van der Waals surface area contributed by atoms with Crippen molar-refractivity contribution in [2.75, 3.05) is 26.8 Å². The molecule has 0 aromatic heterocycles. The summed E-state index contributed by atoms with van der Waals surface area (Å²) in [5.41, 5.74) is 0. The predicted molar refractivity (Wildman–Crippen MR) is 44.0 cm³/mol. The minimum atomic E-state index is -0.253. The Bertz CT molecular complexity index is 160. The van der Waals surface area contributed by atoms with Gasteiger partial charge in [0.25, 0.3) is 0 Å². The Kier molecular flexibility index (Phi) is 3.34. The molecule has 0 spiro atoms. The largest absolute Gasteiger partial charge is 0.453 e. The smallest absolute Gasteiger partial charge is 0.409 e. The molecule has 0 bridgehead atoms. The standard InChI is InChI=1S/C8H15NO3/c1-3-7-6-9(4-5-12-7)8(10)11-2/h7H,3-6H2,1-2H3/t7-/m1/s1. The van der Waals surface area contributed by atoms with Crippen LogP contribution in [0.25, 0.3) is 0 Å². The molecule has 0 aromatic rings. The second-order valence-electron chi connectivity index (χ2n) is 2.82. The monoisotopic (exact) mass is 173 g/mol. The van der Waals surface area contributed by atoms with Crippen molar-refractivity contribution in [2.24, 2.45) is 0 Å². The lowest BCUT2D eigenvalue weighted by Crippen LogP contribution is -2.45. The number of hydrogen-bond donors (Lipinski definition) is 0. The van der Waals surface area contributed by atoms with E-state index in [9.17, 15) is 4.79 Å². The van der Waals surface area contributed by atoms with Crippen LogP contribution in [0.5, 0.6) is 0 Å². The minimum absolute atomic E-state index is 0.179. The van der Waals surface area contributed by atoms with Crippen LogP contribution in [0.3, 0.4) is 0 Å². The molecule has 1 atom stereocenters. The number of carbonyl (C=O) groups is 1. The highest BCUT2D eigenvalue weighted by Crippen LogP contribution is 2.08. The van der Waals surface area contributed by atoms with Crippen LogP contribution in [0, 0.1) is 0 Å². The first-order valence-electron chi connectivity index (χ1n) is 4.22. The molecule has 0 unspecified atom stereocenters. The number of morpholine rings is 1. The maximum atomic E-state index is 11.1. The molecule has 1 heterocycles. The lowest BCUT2D eigenvalue weighted by molar-refractivity contribution is -0.0255. The van der Waals surface area contributed by atoms with Crippen molar-refractivity contribution in [1.82, 2.24) is 4.90 Å². The first-order valence-corrected chi connectivity index (χ1v) is 4.22. The highest BCUT2D eigenvalue weighted by molar-refractivity contribution is 5.67. The van der Waals surface area contributed by atoms with Gasteiger partial charge >= 0.3 is 6.09 Å². The average Bonchev–Trinajstić information content (AvgIpc) is 2.17. The van der Waals surface area contributed by atoms with E-state index in [1.165, 1.54) is 7.11 Å². The lowest BCUT2D eigenvalue weighted by atomic mass is 10.2. The van der Waals surface area contributed by atoms with Gasteiger partial charge in [0.15, 0.2) is 0 Å². The number of rotatable bonds is 1. The van der Waals surface area contributed by atoms with Crippen LogP contribution < -0.4 is 0 Å². The van der Waals surface area contributed by atoms with E-state index in [0.717, 1.165) is 6.42 Å². The number of hydrogen-bond acceptors (Lipinski definition) is 3. The highest BCUT2D eigenvalue weighted by Gasteiger charge is 2.22. The third kappa shape index (κ3) is 2.11. The minimum Gasteiger partial charge on any atom is -0.453 e. The number of amides is 1. The zero-order chi connectivity index (χ0) is 8.97. The van der Waals surface area contributed by atoms with Crippen molar-refractivity contribution in [3.8, 4) is 0 Å². The van der Waals surface area contributed by atoms with E-state index >= 15 is 0 Å². The molecule has 1 saturated heterocycles. The maximum absolute atomic E-state index is 11.1. The molecule has 70 valence electrons. The average molecular weight is 173 g/mol. The molecule has 1 amide bonds. The lowest BCUT2D eigenvalue weighted by Gasteiger charge is -2.31. The molecule has 0 aromatic carbocycles. The van der Waals surface area contributed by atoms with Crippen LogP contribution in [-0.2, 0) is 9.47 Å². The SMILES string of the molecule is CC[C@@H]1CN(C(=O)OC)CCO1. The van der Waals surface area contributed by atoms with E-state index in [1.54, 1.807) is 4.90 Å². The summed E-state index contributed by atoms with van der Waals surface area (Å²) in [5, 5.41) is 0. The molecular weight excluding hydrogens is 158 g/mol. The quantitative estimate of drug-likeness (QED) is 0.590. The molecule has 1 rings (SSSR count). The van der Waals surface area contributed by atoms with E-state index in [-0.39, 0.29) is 12.2 Å². The Balaban J connectivity index is 2.40. The molecular formula is C8H15NO3. The van der Waals surface area contributed by atoms with Gasteiger partial charge in [0, 0.05) is 6.54 Å². The summed E-state index contributed by atoms with van der Waals surface area (Å²) >= 11 is 0. The second-order valence-corrected chi connectivity index (χ2v) is 2.82. The van der Waals surface area contributed by atoms with Crippen molar-refractivity contribution in [1.29, 1.82) is 0 Å². The predicted octanol–water partition coefficient (Wildman–Crippen LogP) is 0.864. The molecule has 0 aliphatic carbocycles. The Hall–Kier alpha value is -0.770. The highest BCUT2D eigenvalue weighted by atomic mass is 16.5. The van der Waals surface area contributed by atoms with Gasteiger partial charge in [-0.15, -0.1) is 0 Å². The molecule has 0 radical (unpaired) electrons. The second kappa shape index (κ2) is 4.30. The van der Waals surface area contributed by atoms with E-state index in [0.29, 0.717) is 19.7 Å². The summed E-state index contributed by atoms with van der Waals surface area (Å²) in [6.45, 7) is 3.96. The fourth-order valence-corrected chi connectivity index (χ4v) is 1.26. The van der Waals surface area contributed by atoms with E-state index < -0.39 is 0 Å². The first-order chi connectivity index (χ1) is 5.77. The van der Waals surface area contributed by atoms with E-state index in [2.05, 4.69) is 4.74 Å². The Morgan fingerprint density at radius 1 is 1.75 bits per heavy atom. The third-order valence-electron chi connectivity index (χ3n) is 2.03. The molecule has 0 N–H and O–H groups in total. The summed E-state index contributed by atoms with van der Waals surface area (Å²) in [5.74, 6) is 0.